The van der Waals surface area contributed by atoms with E-state index < -0.39 is 0 Å². The largest absolute Gasteiger partial charge is 0.322 e. The molecule has 1 fully saturated rings. The number of aromatic nitrogens is 1. The summed E-state index contributed by atoms with van der Waals surface area (Å²) >= 11 is 5.81. The summed E-state index contributed by atoms with van der Waals surface area (Å²) in [4.78, 5) is 20.9. The highest BCUT2D eigenvalue weighted by Crippen LogP contribution is 2.31. The van der Waals surface area contributed by atoms with Gasteiger partial charge in [-0.15, -0.1) is 0 Å². The van der Waals surface area contributed by atoms with Gasteiger partial charge in [-0.25, -0.2) is 9.78 Å². The molecule has 6 heteroatoms. The molecule has 2 aromatic rings. The first-order valence-electron chi connectivity index (χ1n) is 8.95. The highest BCUT2D eigenvalue weighted by molar-refractivity contribution is 6.29. The minimum absolute atomic E-state index is 0.0869. The average molecular weight is 373 g/mol. The summed E-state index contributed by atoms with van der Waals surface area (Å²) in [5.74, 6) is 0. The molecule has 1 aliphatic heterocycles. The standard InChI is InChI=1S/C20H25ClN4O/c1-24(2)14-15-6-8-16(9-7-15)18-5-3-4-12-25(18)20(26)23-17-10-11-19(21)22-13-17/h6-11,13,18H,3-5,12,14H2,1-2H3,(H,23,26). The molecule has 1 atom stereocenters. The molecule has 1 unspecified atom stereocenters. The highest BCUT2D eigenvalue weighted by Gasteiger charge is 2.28. The second-order valence-electron chi connectivity index (χ2n) is 6.98. The Hall–Kier alpha value is -2.11. The normalized spacial score (nSPS) is 17.4. The van der Waals surface area contributed by atoms with E-state index in [4.69, 9.17) is 11.6 Å². The average Bonchev–Trinajstić information content (AvgIpc) is 2.64. The van der Waals surface area contributed by atoms with Crippen molar-refractivity contribution in [3.05, 3.63) is 58.9 Å². The molecular weight excluding hydrogens is 348 g/mol. The van der Waals surface area contributed by atoms with Gasteiger partial charge in [-0.1, -0.05) is 35.9 Å². The van der Waals surface area contributed by atoms with E-state index >= 15 is 0 Å². The monoisotopic (exact) mass is 372 g/mol. The van der Waals surface area contributed by atoms with Crippen LogP contribution in [0.25, 0.3) is 0 Å². The molecule has 138 valence electrons. The SMILES string of the molecule is CN(C)Cc1ccc(C2CCCCN2C(=O)Nc2ccc(Cl)nc2)cc1. The number of urea groups is 1. The summed E-state index contributed by atoms with van der Waals surface area (Å²) in [6.45, 7) is 1.68. The van der Waals surface area contributed by atoms with Crippen molar-refractivity contribution in [3.8, 4) is 0 Å². The van der Waals surface area contributed by atoms with Gasteiger partial charge in [0.2, 0.25) is 0 Å². The van der Waals surface area contributed by atoms with Gasteiger partial charge in [0.05, 0.1) is 17.9 Å². The topological polar surface area (TPSA) is 48.5 Å². The summed E-state index contributed by atoms with van der Waals surface area (Å²) in [6.07, 6.45) is 4.73. The number of likely N-dealkylation sites (tertiary alicyclic amines) is 1. The minimum atomic E-state index is -0.0869. The minimum Gasteiger partial charge on any atom is -0.317 e. The molecule has 1 N–H and O–H groups in total. The van der Waals surface area contributed by atoms with Gasteiger partial charge in [-0.3, -0.25) is 0 Å². The molecule has 1 aliphatic rings. The fraction of sp³-hybridized carbons (Fsp3) is 0.400. The lowest BCUT2D eigenvalue weighted by Crippen LogP contribution is -2.41. The maximum atomic E-state index is 12.8. The van der Waals surface area contributed by atoms with Crippen LogP contribution in [-0.2, 0) is 6.54 Å². The molecule has 0 aliphatic carbocycles. The van der Waals surface area contributed by atoms with E-state index in [1.807, 2.05) is 4.90 Å². The molecule has 2 amide bonds. The van der Waals surface area contributed by atoms with Crippen LogP contribution >= 0.6 is 11.6 Å². The Balaban J connectivity index is 1.72. The van der Waals surface area contributed by atoms with Crippen LogP contribution in [0.15, 0.2) is 42.6 Å². The molecule has 0 saturated carbocycles. The van der Waals surface area contributed by atoms with Crippen molar-refractivity contribution in [2.75, 3.05) is 26.0 Å². The summed E-state index contributed by atoms with van der Waals surface area (Å²) in [6, 6.07) is 12.1. The molecular formula is C20H25ClN4O. The summed E-state index contributed by atoms with van der Waals surface area (Å²) in [5.41, 5.74) is 3.12. The fourth-order valence-corrected chi connectivity index (χ4v) is 3.49. The van der Waals surface area contributed by atoms with E-state index in [1.54, 1.807) is 18.3 Å². The maximum absolute atomic E-state index is 12.8. The number of amides is 2. The third-order valence-corrected chi connectivity index (χ3v) is 4.83. The number of benzene rings is 1. The zero-order valence-electron chi connectivity index (χ0n) is 15.3. The van der Waals surface area contributed by atoms with Crippen LogP contribution in [0.4, 0.5) is 10.5 Å². The molecule has 0 bridgehead atoms. The summed E-state index contributed by atoms with van der Waals surface area (Å²) in [7, 11) is 4.12. The van der Waals surface area contributed by atoms with Crippen LogP contribution < -0.4 is 5.32 Å². The predicted octanol–water partition coefficient (Wildman–Crippen LogP) is 4.56. The van der Waals surface area contributed by atoms with Gasteiger partial charge < -0.3 is 15.1 Å². The van der Waals surface area contributed by atoms with Crippen molar-refractivity contribution >= 4 is 23.3 Å². The zero-order chi connectivity index (χ0) is 18.5. The van der Waals surface area contributed by atoms with Crippen LogP contribution in [0, 0.1) is 0 Å². The van der Waals surface area contributed by atoms with Crippen molar-refractivity contribution in [2.45, 2.75) is 31.8 Å². The Kier molecular flexibility index (Phi) is 6.12. The summed E-state index contributed by atoms with van der Waals surface area (Å²) < 4.78 is 0. The highest BCUT2D eigenvalue weighted by atomic mass is 35.5. The lowest BCUT2D eigenvalue weighted by Gasteiger charge is -2.36. The lowest BCUT2D eigenvalue weighted by atomic mass is 9.95. The maximum Gasteiger partial charge on any atom is 0.322 e. The molecule has 1 saturated heterocycles. The Morgan fingerprint density at radius 1 is 1.23 bits per heavy atom. The molecule has 2 heterocycles. The molecule has 0 spiro atoms. The lowest BCUT2D eigenvalue weighted by molar-refractivity contribution is 0.163. The second-order valence-corrected chi connectivity index (χ2v) is 7.37. The van der Waals surface area contributed by atoms with Gasteiger partial charge in [0.25, 0.3) is 0 Å². The number of pyridine rings is 1. The van der Waals surface area contributed by atoms with Crippen LogP contribution in [0.1, 0.15) is 36.4 Å². The first kappa shape index (κ1) is 18.7. The van der Waals surface area contributed by atoms with Crippen molar-refractivity contribution in [2.24, 2.45) is 0 Å². The van der Waals surface area contributed by atoms with Gasteiger partial charge in [-0.2, -0.15) is 0 Å². The van der Waals surface area contributed by atoms with Crippen LogP contribution in [0.2, 0.25) is 5.15 Å². The van der Waals surface area contributed by atoms with Crippen molar-refractivity contribution < 1.29 is 4.79 Å². The van der Waals surface area contributed by atoms with Crippen molar-refractivity contribution in [3.63, 3.8) is 0 Å². The molecule has 3 rings (SSSR count). The number of rotatable bonds is 4. The van der Waals surface area contributed by atoms with E-state index in [1.165, 1.54) is 11.1 Å². The van der Waals surface area contributed by atoms with Gasteiger partial charge in [0, 0.05) is 13.1 Å². The molecule has 0 radical (unpaired) electrons. The van der Waals surface area contributed by atoms with Gasteiger partial charge in [0.1, 0.15) is 5.15 Å². The quantitative estimate of drug-likeness (QED) is 0.800. The van der Waals surface area contributed by atoms with Crippen molar-refractivity contribution in [1.29, 1.82) is 0 Å². The van der Waals surface area contributed by atoms with Gasteiger partial charge >= 0.3 is 6.03 Å². The first-order valence-corrected chi connectivity index (χ1v) is 9.33. The number of nitrogens with zero attached hydrogens (tertiary/aromatic N) is 3. The first-order chi connectivity index (χ1) is 12.5. The van der Waals surface area contributed by atoms with E-state index in [0.29, 0.717) is 10.8 Å². The Bertz CT molecular complexity index is 730. The number of piperidine rings is 1. The zero-order valence-corrected chi connectivity index (χ0v) is 16.0. The van der Waals surface area contributed by atoms with Gasteiger partial charge in [-0.05, 0) is 56.6 Å². The Labute approximate surface area is 160 Å². The predicted molar refractivity (Wildman–Crippen MR) is 105 cm³/mol. The molecule has 1 aromatic carbocycles. The second kappa shape index (κ2) is 8.52. The van der Waals surface area contributed by atoms with Crippen molar-refractivity contribution in [1.82, 2.24) is 14.8 Å². The number of nitrogens with one attached hydrogen (secondary N) is 1. The summed E-state index contributed by atoms with van der Waals surface area (Å²) in [5, 5.41) is 3.35. The third kappa shape index (κ3) is 4.74. The van der Waals surface area contributed by atoms with Gasteiger partial charge in [0.15, 0.2) is 0 Å². The molecule has 5 nitrogen and oxygen atoms in total. The Morgan fingerprint density at radius 3 is 2.65 bits per heavy atom. The van der Waals surface area contributed by atoms with Crippen LogP contribution in [0.5, 0.6) is 0 Å². The van der Waals surface area contributed by atoms with E-state index in [2.05, 4.69) is 53.6 Å². The van der Waals surface area contributed by atoms with E-state index in [-0.39, 0.29) is 12.1 Å². The van der Waals surface area contributed by atoms with Crippen LogP contribution in [-0.4, -0.2) is 41.5 Å². The fourth-order valence-electron chi connectivity index (χ4n) is 3.38. The molecule has 1 aromatic heterocycles. The van der Waals surface area contributed by atoms with E-state index in [9.17, 15) is 4.79 Å². The number of halogens is 1. The Morgan fingerprint density at radius 2 is 2.00 bits per heavy atom. The smallest absolute Gasteiger partial charge is 0.317 e. The number of carbonyl (C=O) groups excluding carboxylic acids is 1. The molecule has 26 heavy (non-hydrogen) atoms. The number of anilines is 1. The number of carbonyl (C=O) groups is 1. The third-order valence-electron chi connectivity index (χ3n) is 4.61. The number of hydrogen-bond acceptors (Lipinski definition) is 3. The van der Waals surface area contributed by atoms with E-state index in [0.717, 1.165) is 32.4 Å². The number of hydrogen-bond donors (Lipinski definition) is 1. The van der Waals surface area contributed by atoms with Crippen LogP contribution in [0.3, 0.4) is 0 Å².